The number of halogens is 2. The van der Waals surface area contributed by atoms with Gasteiger partial charge in [0.1, 0.15) is 0 Å². The predicted molar refractivity (Wildman–Crippen MR) is 106 cm³/mol. The number of fused-ring (bicyclic) bond motifs is 4. The molecule has 0 aliphatic carbocycles. The molecule has 32 heavy (non-hydrogen) atoms. The number of amides is 4. The number of ether oxygens (including phenoxy) is 1. The molecule has 0 bridgehead atoms. The van der Waals surface area contributed by atoms with Crippen LogP contribution in [0.15, 0.2) is 16.7 Å². The minimum absolute atomic E-state index is 0.0225. The molecular formula is C21H20F2N4O5. The summed E-state index contributed by atoms with van der Waals surface area (Å²) in [5.74, 6) is -3.82. The Labute approximate surface area is 181 Å². The summed E-state index contributed by atoms with van der Waals surface area (Å²) in [6.45, 7) is 5.19. The Morgan fingerprint density at radius 1 is 1.12 bits per heavy atom. The second kappa shape index (κ2) is 6.83. The number of barbiturate groups is 1. The van der Waals surface area contributed by atoms with E-state index in [4.69, 9.17) is 9.26 Å². The molecule has 9 nitrogen and oxygen atoms in total. The van der Waals surface area contributed by atoms with E-state index in [0.717, 1.165) is 0 Å². The Morgan fingerprint density at radius 2 is 1.81 bits per heavy atom. The minimum Gasteiger partial charge on any atom is -0.372 e. The summed E-state index contributed by atoms with van der Waals surface area (Å²) in [6.07, 6.45) is -1.32. The van der Waals surface area contributed by atoms with Crippen molar-refractivity contribution in [3.05, 3.63) is 35.0 Å². The van der Waals surface area contributed by atoms with Crippen LogP contribution in [0.1, 0.15) is 25.1 Å². The first-order valence-corrected chi connectivity index (χ1v) is 10.2. The first kappa shape index (κ1) is 20.6. The Hall–Kier alpha value is -3.34. The van der Waals surface area contributed by atoms with Crippen LogP contribution >= 0.6 is 0 Å². The quantitative estimate of drug-likeness (QED) is 0.643. The maximum absolute atomic E-state index is 15.5. The monoisotopic (exact) mass is 446 g/mol. The standard InChI is InChI=1S/C21H20F2N4O5/c1-8-4-13(32-26-8)12-5-11-6-21(18(28)24-20(30)25-19(21)29)17-10(3)31-9(2)7-27(17)16(11)15(23)14(12)22/h4-5,9-10,17H,6-7H2,1-3H3,(H2,24,25,28,29,30). The zero-order valence-electron chi connectivity index (χ0n) is 17.5. The molecule has 4 amide bonds. The summed E-state index contributed by atoms with van der Waals surface area (Å²) in [4.78, 5) is 39.5. The molecule has 3 aliphatic rings. The number of benzene rings is 1. The van der Waals surface area contributed by atoms with Crippen LogP contribution in [0.2, 0.25) is 0 Å². The summed E-state index contributed by atoms with van der Waals surface area (Å²) < 4.78 is 41.6. The number of nitrogens with zero attached hydrogens (tertiary/aromatic N) is 2. The number of imide groups is 2. The lowest BCUT2D eigenvalue weighted by molar-refractivity contribution is -0.153. The number of morpholine rings is 1. The van der Waals surface area contributed by atoms with Crippen molar-refractivity contribution < 1.29 is 32.4 Å². The highest BCUT2D eigenvalue weighted by molar-refractivity contribution is 6.20. The van der Waals surface area contributed by atoms with Crippen LogP contribution < -0.4 is 15.5 Å². The van der Waals surface area contributed by atoms with Gasteiger partial charge in [-0.2, -0.15) is 0 Å². The third-order valence-electron chi connectivity index (χ3n) is 6.36. The van der Waals surface area contributed by atoms with E-state index < -0.39 is 47.0 Å². The third-order valence-corrected chi connectivity index (χ3v) is 6.36. The van der Waals surface area contributed by atoms with Gasteiger partial charge in [-0.3, -0.25) is 20.2 Å². The highest BCUT2D eigenvalue weighted by Gasteiger charge is 2.63. The summed E-state index contributed by atoms with van der Waals surface area (Å²) in [6, 6.07) is 0.951. The largest absolute Gasteiger partial charge is 0.372 e. The summed E-state index contributed by atoms with van der Waals surface area (Å²) in [5.41, 5.74) is -1.26. The lowest BCUT2D eigenvalue weighted by Crippen LogP contribution is -2.75. The number of urea groups is 1. The normalized spacial score (nSPS) is 26.5. The van der Waals surface area contributed by atoms with Crippen molar-refractivity contribution in [1.29, 1.82) is 0 Å². The van der Waals surface area contributed by atoms with Gasteiger partial charge in [0.15, 0.2) is 22.8 Å². The van der Waals surface area contributed by atoms with E-state index in [1.54, 1.807) is 20.8 Å². The lowest BCUT2D eigenvalue weighted by Gasteiger charge is -2.55. The molecule has 11 heteroatoms. The van der Waals surface area contributed by atoms with Gasteiger partial charge in [0.2, 0.25) is 11.8 Å². The molecule has 0 saturated carbocycles. The van der Waals surface area contributed by atoms with E-state index in [-0.39, 0.29) is 41.6 Å². The van der Waals surface area contributed by atoms with Crippen molar-refractivity contribution in [2.75, 3.05) is 11.4 Å². The smallest absolute Gasteiger partial charge is 0.328 e. The molecule has 4 heterocycles. The minimum atomic E-state index is -1.78. The molecule has 3 aliphatic heterocycles. The topological polar surface area (TPSA) is 114 Å². The average molecular weight is 446 g/mol. The molecular weight excluding hydrogens is 426 g/mol. The Morgan fingerprint density at radius 3 is 2.44 bits per heavy atom. The van der Waals surface area contributed by atoms with Crippen LogP contribution in [0.3, 0.4) is 0 Å². The highest BCUT2D eigenvalue weighted by atomic mass is 19.2. The van der Waals surface area contributed by atoms with Gasteiger partial charge in [-0.15, -0.1) is 0 Å². The van der Waals surface area contributed by atoms with Crippen LogP contribution in [0.4, 0.5) is 19.3 Å². The van der Waals surface area contributed by atoms with Crippen LogP contribution in [-0.2, 0) is 20.7 Å². The maximum atomic E-state index is 15.5. The van der Waals surface area contributed by atoms with E-state index >= 15 is 8.78 Å². The molecule has 0 radical (unpaired) electrons. The molecule has 2 fully saturated rings. The number of hydrogen-bond acceptors (Lipinski definition) is 7. The van der Waals surface area contributed by atoms with Crippen molar-refractivity contribution in [3.8, 4) is 11.3 Å². The third kappa shape index (κ3) is 2.70. The van der Waals surface area contributed by atoms with E-state index in [9.17, 15) is 14.4 Å². The van der Waals surface area contributed by atoms with Gasteiger partial charge in [-0.25, -0.2) is 13.6 Å². The van der Waals surface area contributed by atoms with Gasteiger partial charge >= 0.3 is 6.03 Å². The molecule has 1 spiro atoms. The van der Waals surface area contributed by atoms with Gasteiger partial charge in [0.25, 0.3) is 0 Å². The van der Waals surface area contributed by atoms with Crippen LogP contribution in [0, 0.1) is 24.0 Å². The van der Waals surface area contributed by atoms with Gasteiger partial charge in [0.05, 0.1) is 35.2 Å². The number of carbonyl (C=O) groups is 3. The molecule has 3 atom stereocenters. The lowest BCUT2D eigenvalue weighted by atomic mass is 9.66. The van der Waals surface area contributed by atoms with Gasteiger partial charge in [0, 0.05) is 19.0 Å². The first-order valence-electron chi connectivity index (χ1n) is 10.2. The van der Waals surface area contributed by atoms with Crippen molar-refractivity contribution >= 4 is 23.5 Å². The van der Waals surface area contributed by atoms with E-state index in [2.05, 4.69) is 15.8 Å². The summed E-state index contributed by atoms with van der Waals surface area (Å²) >= 11 is 0. The van der Waals surface area contributed by atoms with Crippen molar-refractivity contribution in [3.63, 3.8) is 0 Å². The van der Waals surface area contributed by atoms with Crippen molar-refractivity contribution in [2.45, 2.75) is 45.4 Å². The van der Waals surface area contributed by atoms with Crippen LogP contribution in [0.25, 0.3) is 11.3 Å². The maximum Gasteiger partial charge on any atom is 0.328 e. The number of hydrogen-bond donors (Lipinski definition) is 2. The molecule has 2 aromatic rings. The average Bonchev–Trinajstić information content (AvgIpc) is 3.14. The second-order valence-electron chi connectivity index (χ2n) is 8.53. The molecule has 3 unspecified atom stereocenters. The molecule has 1 aromatic heterocycles. The van der Waals surface area contributed by atoms with Crippen LogP contribution in [0.5, 0.6) is 0 Å². The molecule has 5 rings (SSSR count). The number of carbonyl (C=O) groups excluding carboxylic acids is 3. The number of aryl methyl sites for hydroxylation is 1. The fraction of sp³-hybridized carbons (Fsp3) is 0.429. The summed E-state index contributed by atoms with van der Waals surface area (Å²) in [7, 11) is 0. The SMILES string of the molecule is Cc1cc(-c2cc3c(c(F)c2F)N2CC(C)OC(C)C2C2(C3)C(=O)NC(=O)NC2=O)on1. The van der Waals surface area contributed by atoms with E-state index in [1.807, 2.05) is 0 Å². The zero-order chi connectivity index (χ0) is 22.9. The van der Waals surface area contributed by atoms with Crippen molar-refractivity contribution in [1.82, 2.24) is 15.8 Å². The second-order valence-corrected chi connectivity index (χ2v) is 8.53. The van der Waals surface area contributed by atoms with Gasteiger partial charge in [-0.05, 0) is 32.4 Å². The number of nitrogens with one attached hydrogen (secondary N) is 2. The predicted octanol–water partition coefficient (Wildman–Crippen LogP) is 1.82. The molecule has 2 saturated heterocycles. The Balaban J connectivity index is 1.75. The number of aromatic nitrogens is 1. The van der Waals surface area contributed by atoms with Crippen molar-refractivity contribution in [2.24, 2.45) is 5.41 Å². The fourth-order valence-electron chi connectivity index (χ4n) is 5.21. The van der Waals surface area contributed by atoms with Gasteiger partial charge < -0.3 is 14.2 Å². The fourth-order valence-corrected chi connectivity index (χ4v) is 5.21. The zero-order valence-corrected chi connectivity index (χ0v) is 17.5. The Kier molecular flexibility index (Phi) is 4.39. The molecule has 1 aromatic carbocycles. The molecule has 168 valence electrons. The highest BCUT2D eigenvalue weighted by Crippen LogP contribution is 2.49. The number of rotatable bonds is 1. The van der Waals surface area contributed by atoms with E-state index in [0.29, 0.717) is 5.69 Å². The van der Waals surface area contributed by atoms with E-state index in [1.165, 1.54) is 17.0 Å². The van der Waals surface area contributed by atoms with Crippen LogP contribution in [-0.4, -0.2) is 47.8 Å². The molecule has 2 N–H and O–H groups in total. The first-order chi connectivity index (χ1) is 15.1. The summed E-state index contributed by atoms with van der Waals surface area (Å²) in [5, 5.41) is 8.03. The van der Waals surface area contributed by atoms with Gasteiger partial charge in [-0.1, -0.05) is 5.16 Å². The Bertz CT molecular complexity index is 1160. The number of anilines is 1.